The molecule has 1 aliphatic rings. The average molecular weight is 227 g/mol. The van der Waals surface area contributed by atoms with Crippen LogP contribution in [0.25, 0.3) is 0 Å². The van der Waals surface area contributed by atoms with Crippen molar-refractivity contribution >= 4 is 0 Å². The van der Waals surface area contributed by atoms with Crippen LogP contribution in [-0.2, 0) is 0 Å². The maximum Gasteiger partial charge on any atom is 0.0353 e. The van der Waals surface area contributed by atoms with Crippen LogP contribution in [0.1, 0.15) is 40.5 Å². The van der Waals surface area contributed by atoms with Gasteiger partial charge in [0.15, 0.2) is 0 Å². The fraction of sp³-hybridized carbons (Fsp3) is 1.00. The zero-order chi connectivity index (χ0) is 12.3. The molecule has 0 amide bonds. The van der Waals surface area contributed by atoms with E-state index < -0.39 is 0 Å². The zero-order valence-corrected chi connectivity index (χ0v) is 11.7. The quantitative estimate of drug-likeness (QED) is 0.793. The molecule has 0 aliphatic carbocycles. The molecule has 1 saturated heterocycles. The van der Waals surface area contributed by atoms with Gasteiger partial charge in [-0.3, -0.25) is 4.90 Å². The molecule has 1 rings (SSSR count). The molecular formula is C13H29N3. The van der Waals surface area contributed by atoms with Gasteiger partial charge in [0.2, 0.25) is 0 Å². The number of nitrogens with two attached hydrogens (primary N) is 1. The summed E-state index contributed by atoms with van der Waals surface area (Å²) in [5.74, 6) is 0. The van der Waals surface area contributed by atoms with Gasteiger partial charge in [0.25, 0.3) is 0 Å². The second-order valence-corrected chi connectivity index (χ2v) is 5.88. The highest BCUT2D eigenvalue weighted by Crippen LogP contribution is 2.28. The Hall–Kier alpha value is -0.120. The van der Waals surface area contributed by atoms with Gasteiger partial charge in [-0.15, -0.1) is 0 Å². The minimum Gasteiger partial charge on any atom is -0.329 e. The Morgan fingerprint density at radius 3 is 2.56 bits per heavy atom. The highest BCUT2D eigenvalue weighted by molar-refractivity contribution is 4.94. The Morgan fingerprint density at radius 2 is 2.06 bits per heavy atom. The van der Waals surface area contributed by atoms with Crippen LogP contribution in [0.15, 0.2) is 0 Å². The summed E-state index contributed by atoms with van der Waals surface area (Å²) in [7, 11) is 2.21. The average Bonchev–Trinajstić information content (AvgIpc) is 2.35. The SMILES string of the molecule is CCC(C)N1C(CN)CN(C)CCC1(C)C. The number of hydrogen-bond acceptors (Lipinski definition) is 3. The van der Waals surface area contributed by atoms with Crippen LogP contribution in [-0.4, -0.2) is 54.1 Å². The smallest absolute Gasteiger partial charge is 0.0353 e. The fourth-order valence-corrected chi connectivity index (χ4v) is 2.97. The van der Waals surface area contributed by atoms with Gasteiger partial charge in [-0.1, -0.05) is 6.92 Å². The molecule has 0 aromatic heterocycles. The molecule has 1 aliphatic heterocycles. The molecular weight excluding hydrogens is 198 g/mol. The van der Waals surface area contributed by atoms with Crippen LogP contribution in [0.3, 0.4) is 0 Å². The molecule has 1 heterocycles. The van der Waals surface area contributed by atoms with Gasteiger partial charge in [-0.2, -0.15) is 0 Å². The first-order chi connectivity index (χ1) is 7.42. The highest BCUT2D eigenvalue weighted by atomic mass is 15.3. The summed E-state index contributed by atoms with van der Waals surface area (Å²) in [6.07, 6.45) is 2.42. The van der Waals surface area contributed by atoms with Gasteiger partial charge in [0, 0.05) is 30.7 Å². The van der Waals surface area contributed by atoms with Crippen molar-refractivity contribution < 1.29 is 0 Å². The van der Waals surface area contributed by atoms with E-state index in [1.807, 2.05) is 0 Å². The van der Waals surface area contributed by atoms with Crippen LogP contribution >= 0.6 is 0 Å². The van der Waals surface area contributed by atoms with E-state index in [0.29, 0.717) is 12.1 Å². The second kappa shape index (κ2) is 5.48. The standard InChI is InChI=1S/C13H29N3/c1-6-11(2)16-12(9-14)10-15(5)8-7-13(16,3)4/h11-12H,6-10,14H2,1-5H3. The van der Waals surface area contributed by atoms with Crippen molar-refractivity contribution in [2.24, 2.45) is 5.73 Å². The topological polar surface area (TPSA) is 32.5 Å². The lowest BCUT2D eigenvalue weighted by molar-refractivity contribution is 0.0372. The van der Waals surface area contributed by atoms with E-state index >= 15 is 0 Å². The first-order valence-corrected chi connectivity index (χ1v) is 6.59. The summed E-state index contributed by atoms with van der Waals surface area (Å²) < 4.78 is 0. The molecule has 1 fully saturated rings. The van der Waals surface area contributed by atoms with Gasteiger partial charge in [0.1, 0.15) is 0 Å². The van der Waals surface area contributed by atoms with E-state index in [4.69, 9.17) is 5.73 Å². The summed E-state index contributed by atoms with van der Waals surface area (Å²) in [4.78, 5) is 5.07. The van der Waals surface area contributed by atoms with Crippen molar-refractivity contribution in [3.63, 3.8) is 0 Å². The molecule has 0 bridgehead atoms. The molecule has 3 nitrogen and oxygen atoms in total. The lowest BCUT2D eigenvalue weighted by atomic mass is 9.94. The molecule has 3 heteroatoms. The van der Waals surface area contributed by atoms with Crippen molar-refractivity contribution in [2.75, 3.05) is 26.7 Å². The largest absolute Gasteiger partial charge is 0.329 e. The number of nitrogens with zero attached hydrogens (tertiary/aromatic N) is 2. The third-order valence-corrected chi connectivity index (χ3v) is 4.06. The molecule has 0 saturated carbocycles. The van der Waals surface area contributed by atoms with Crippen molar-refractivity contribution in [3.8, 4) is 0 Å². The van der Waals surface area contributed by atoms with Crippen LogP contribution in [0.5, 0.6) is 0 Å². The van der Waals surface area contributed by atoms with E-state index in [2.05, 4.69) is 44.5 Å². The lowest BCUT2D eigenvalue weighted by Crippen LogP contribution is -2.57. The zero-order valence-electron chi connectivity index (χ0n) is 11.7. The van der Waals surface area contributed by atoms with Crippen LogP contribution in [0, 0.1) is 0 Å². The van der Waals surface area contributed by atoms with Crippen molar-refractivity contribution in [1.29, 1.82) is 0 Å². The third kappa shape index (κ3) is 2.96. The summed E-state index contributed by atoms with van der Waals surface area (Å²) in [5, 5.41) is 0. The summed E-state index contributed by atoms with van der Waals surface area (Å²) in [6.45, 7) is 12.4. The van der Waals surface area contributed by atoms with Gasteiger partial charge in [-0.25, -0.2) is 0 Å². The molecule has 2 unspecified atom stereocenters. The number of hydrogen-bond donors (Lipinski definition) is 1. The normalized spacial score (nSPS) is 30.0. The Morgan fingerprint density at radius 1 is 1.44 bits per heavy atom. The molecule has 16 heavy (non-hydrogen) atoms. The molecule has 96 valence electrons. The van der Waals surface area contributed by atoms with Crippen LogP contribution in [0.2, 0.25) is 0 Å². The molecule has 0 radical (unpaired) electrons. The third-order valence-electron chi connectivity index (χ3n) is 4.06. The summed E-state index contributed by atoms with van der Waals surface area (Å²) in [6, 6.07) is 1.12. The highest BCUT2D eigenvalue weighted by Gasteiger charge is 2.37. The van der Waals surface area contributed by atoms with E-state index in [1.54, 1.807) is 0 Å². The maximum absolute atomic E-state index is 5.97. The molecule has 0 spiro atoms. The monoisotopic (exact) mass is 227 g/mol. The van der Waals surface area contributed by atoms with E-state index in [1.165, 1.54) is 19.4 Å². The fourth-order valence-electron chi connectivity index (χ4n) is 2.97. The van der Waals surface area contributed by atoms with Crippen molar-refractivity contribution in [3.05, 3.63) is 0 Å². The molecule has 2 N–H and O–H groups in total. The van der Waals surface area contributed by atoms with Crippen LogP contribution < -0.4 is 5.73 Å². The Bertz CT molecular complexity index is 215. The van der Waals surface area contributed by atoms with E-state index in [0.717, 1.165) is 13.1 Å². The van der Waals surface area contributed by atoms with Gasteiger partial charge >= 0.3 is 0 Å². The predicted octanol–water partition coefficient (Wildman–Crippen LogP) is 1.53. The van der Waals surface area contributed by atoms with Crippen molar-refractivity contribution in [1.82, 2.24) is 9.80 Å². The Kier molecular flexibility index (Phi) is 4.77. The molecule has 2 atom stereocenters. The van der Waals surface area contributed by atoms with Gasteiger partial charge in [0.05, 0.1) is 0 Å². The lowest BCUT2D eigenvalue weighted by Gasteiger charge is -2.45. The van der Waals surface area contributed by atoms with Crippen LogP contribution in [0.4, 0.5) is 0 Å². The molecule has 0 aromatic carbocycles. The first kappa shape index (κ1) is 13.9. The summed E-state index contributed by atoms with van der Waals surface area (Å²) >= 11 is 0. The Balaban J connectivity index is 2.92. The van der Waals surface area contributed by atoms with E-state index in [9.17, 15) is 0 Å². The molecule has 0 aromatic rings. The maximum atomic E-state index is 5.97. The number of likely N-dealkylation sites (N-methyl/N-ethyl adjacent to an activating group) is 1. The van der Waals surface area contributed by atoms with E-state index in [-0.39, 0.29) is 5.54 Å². The van der Waals surface area contributed by atoms with Gasteiger partial charge in [-0.05, 0) is 47.2 Å². The predicted molar refractivity (Wildman–Crippen MR) is 70.6 cm³/mol. The van der Waals surface area contributed by atoms with Gasteiger partial charge < -0.3 is 10.6 Å². The second-order valence-electron chi connectivity index (χ2n) is 5.88. The first-order valence-electron chi connectivity index (χ1n) is 6.59. The minimum atomic E-state index is 0.268. The van der Waals surface area contributed by atoms with Crippen molar-refractivity contribution in [2.45, 2.75) is 58.2 Å². The number of rotatable bonds is 3. The minimum absolute atomic E-state index is 0.268. The summed E-state index contributed by atoms with van der Waals surface area (Å²) in [5.41, 5.74) is 6.24. The Labute approximate surface area is 101 Å².